The van der Waals surface area contributed by atoms with Gasteiger partial charge in [0.25, 0.3) is 5.91 Å². The molecule has 3 aromatic carbocycles. The average Bonchev–Trinajstić information content (AvgIpc) is 2.94. The molecule has 0 spiro atoms. The van der Waals surface area contributed by atoms with E-state index in [1.165, 1.54) is 0 Å². The number of hydrogen-bond donors (Lipinski definition) is 1. The molecule has 0 aliphatic carbocycles. The lowest BCUT2D eigenvalue weighted by Crippen LogP contribution is -2.31. The van der Waals surface area contributed by atoms with Crippen molar-refractivity contribution in [1.82, 2.24) is 4.90 Å². The van der Waals surface area contributed by atoms with Crippen molar-refractivity contribution < 1.29 is 19.1 Å². The van der Waals surface area contributed by atoms with E-state index in [0.717, 1.165) is 16.7 Å². The Morgan fingerprint density at radius 3 is 2.69 bits per heavy atom. The molecule has 2 amide bonds. The molecule has 0 radical (unpaired) electrons. The molecule has 0 fully saturated rings. The number of benzene rings is 3. The molecule has 164 valence electrons. The summed E-state index contributed by atoms with van der Waals surface area (Å²) in [5.41, 5.74) is 3.33. The first-order chi connectivity index (χ1) is 15.5. The van der Waals surface area contributed by atoms with E-state index in [-0.39, 0.29) is 24.8 Å². The molecule has 0 saturated carbocycles. The van der Waals surface area contributed by atoms with Gasteiger partial charge in [-0.1, -0.05) is 35.9 Å². The number of nitrogens with one attached hydrogen (secondary N) is 1. The predicted octanol–water partition coefficient (Wildman–Crippen LogP) is 4.45. The Morgan fingerprint density at radius 2 is 1.91 bits per heavy atom. The first kappa shape index (κ1) is 21.7. The van der Waals surface area contributed by atoms with Crippen LogP contribution < -0.4 is 14.8 Å². The Labute approximate surface area is 191 Å². The van der Waals surface area contributed by atoms with E-state index < -0.39 is 0 Å². The van der Waals surface area contributed by atoms with E-state index in [0.29, 0.717) is 35.3 Å². The van der Waals surface area contributed by atoms with E-state index in [2.05, 4.69) is 5.32 Å². The zero-order valence-corrected chi connectivity index (χ0v) is 18.4. The Bertz CT molecular complexity index is 1130. The molecule has 1 heterocycles. The van der Waals surface area contributed by atoms with Gasteiger partial charge in [-0.3, -0.25) is 9.59 Å². The molecule has 3 aromatic rings. The highest BCUT2D eigenvalue weighted by Gasteiger charge is 2.22. The van der Waals surface area contributed by atoms with Crippen molar-refractivity contribution in [2.45, 2.75) is 19.5 Å². The number of carbonyl (C=O) groups is 2. The van der Waals surface area contributed by atoms with Crippen LogP contribution in [0.25, 0.3) is 0 Å². The van der Waals surface area contributed by atoms with E-state index in [1.807, 2.05) is 42.5 Å². The smallest absolute Gasteiger partial charge is 0.261 e. The highest BCUT2D eigenvalue weighted by Crippen LogP contribution is 2.28. The van der Waals surface area contributed by atoms with Crippen molar-refractivity contribution in [1.29, 1.82) is 0 Å². The molecule has 0 atom stereocenters. The van der Waals surface area contributed by atoms with Crippen molar-refractivity contribution in [2.24, 2.45) is 0 Å². The normalized spacial score (nSPS) is 13.1. The van der Waals surface area contributed by atoms with Gasteiger partial charge in [0.15, 0.2) is 6.61 Å². The third-order valence-electron chi connectivity index (χ3n) is 5.19. The molecule has 0 saturated heterocycles. The highest BCUT2D eigenvalue weighted by atomic mass is 35.5. The predicted molar refractivity (Wildman–Crippen MR) is 123 cm³/mol. The summed E-state index contributed by atoms with van der Waals surface area (Å²) in [4.78, 5) is 26.8. The van der Waals surface area contributed by atoms with Gasteiger partial charge in [0.05, 0.1) is 13.5 Å². The van der Waals surface area contributed by atoms with Crippen LogP contribution in [0.15, 0.2) is 66.7 Å². The van der Waals surface area contributed by atoms with Crippen LogP contribution in [0.2, 0.25) is 5.02 Å². The van der Waals surface area contributed by atoms with E-state index in [9.17, 15) is 9.59 Å². The van der Waals surface area contributed by atoms with Crippen LogP contribution in [0, 0.1) is 0 Å². The maximum Gasteiger partial charge on any atom is 0.261 e. The topological polar surface area (TPSA) is 67.9 Å². The van der Waals surface area contributed by atoms with Gasteiger partial charge in [0.2, 0.25) is 5.91 Å². The van der Waals surface area contributed by atoms with Crippen LogP contribution in [0.3, 0.4) is 0 Å². The Hall–Kier alpha value is -3.51. The number of hydrogen-bond acceptors (Lipinski definition) is 4. The minimum atomic E-state index is -0.137. The van der Waals surface area contributed by atoms with Crippen LogP contribution in [0.4, 0.5) is 5.69 Å². The third kappa shape index (κ3) is 5.39. The molecular formula is C25H23ClN2O4. The standard InChI is InChI=1S/C25H23ClN2O4/c1-31-22-4-2-3-18(11-22)12-24(29)27-21-9-10-23-19(13-21)15-28(25(30)16-32-23)14-17-5-7-20(26)8-6-17/h2-11,13H,12,14-16H2,1H3,(H,27,29). The molecular weight excluding hydrogens is 428 g/mol. The summed E-state index contributed by atoms with van der Waals surface area (Å²) in [7, 11) is 1.60. The van der Waals surface area contributed by atoms with Crippen molar-refractivity contribution in [2.75, 3.05) is 19.0 Å². The molecule has 0 bridgehead atoms. The fourth-order valence-corrected chi connectivity index (χ4v) is 3.70. The van der Waals surface area contributed by atoms with Gasteiger partial charge in [0.1, 0.15) is 11.5 Å². The van der Waals surface area contributed by atoms with Gasteiger partial charge in [-0.2, -0.15) is 0 Å². The summed E-state index contributed by atoms with van der Waals surface area (Å²) in [5, 5.41) is 3.58. The summed E-state index contributed by atoms with van der Waals surface area (Å²) in [6.07, 6.45) is 0.228. The molecule has 1 aliphatic rings. The summed E-state index contributed by atoms with van der Waals surface area (Å²) < 4.78 is 10.9. The lowest BCUT2D eigenvalue weighted by Gasteiger charge is -2.20. The van der Waals surface area contributed by atoms with Gasteiger partial charge in [-0.05, 0) is 53.6 Å². The van der Waals surface area contributed by atoms with Crippen LogP contribution in [0.1, 0.15) is 16.7 Å². The van der Waals surface area contributed by atoms with Gasteiger partial charge < -0.3 is 19.7 Å². The first-order valence-electron chi connectivity index (χ1n) is 10.2. The van der Waals surface area contributed by atoms with E-state index >= 15 is 0 Å². The zero-order valence-electron chi connectivity index (χ0n) is 17.6. The zero-order chi connectivity index (χ0) is 22.5. The second-order valence-corrected chi connectivity index (χ2v) is 8.00. The Balaban J connectivity index is 1.46. The lowest BCUT2D eigenvalue weighted by atomic mass is 10.1. The van der Waals surface area contributed by atoms with Crippen molar-refractivity contribution in [3.63, 3.8) is 0 Å². The molecule has 0 unspecified atom stereocenters. The summed E-state index contributed by atoms with van der Waals surface area (Å²) >= 11 is 5.96. The number of rotatable bonds is 6. The number of amides is 2. The highest BCUT2D eigenvalue weighted by molar-refractivity contribution is 6.30. The molecule has 32 heavy (non-hydrogen) atoms. The maximum absolute atomic E-state index is 12.6. The SMILES string of the molecule is COc1cccc(CC(=O)Nc2ccc3c(c2)CN(Cc2ccc(Cl)cc2)C(=O)CO3)c1. The van der Waals surface area contributed by atoms with Crippen LogP contribution in [-0.2, 0) is 29.1 Å². The molecule has 0 aromatic heterocycles. The minimum Gasteiger partial charge on any atom is -0.497 e. The minimum absolute atomic E-state index is 0.0257. The fraction of sp³-hybridized carbons (Fsp3) is 0.200. The number of nitrogens with zero attached hydrogens (tertiary/aromatic N) is 1. The number of halogens is 1. The number of methoxy groups -OCH3 is 1. The van der Waals surface area contributed by atoms with Crippen molar-refractivity contribution >= 4 is 29.1 Å². The molecule has 1 N–H and O–H groups in total. The number of ether oxygens (including phenoxy) is 2. The molecule has 7 heteroatoms. The molecule has 1 aliphatic heterocycles. The van der Waals surface area contributed by atoms with Gasteiger partial charge in [-0.15, -0.1) is 0 Å². The number of anilines is 1. The number of carbonyl (C=O) groups excluding carboxylic acids is 2. The Morgan fingerprint density at radius 1 is 1.09 bits per heavy atom. The summed E-state index contributed by atoms with van der Waals surface area (Å²) in [6, 6.07) is 20.2. The fourth-order valence-electron chi connectivity index (χ4n) is 3.57. The van der Waals surface area contributed by atoms with E-state index in [1.54, 1.807) is 36.3 Å². The summed E-state index contributed by atoms with van der Waals surface area (Å²) in [6.45, 7) is 0.809. The number of fused-ring (bicyclic) bond motifs is 1. The lowest BCUT2D eigenvalue weighted by molar-refractivity contribution is -0.133. The summed E-state index contributed by atoms with van der Waals surface area (Å²) in [5.74, 6) is 1.12. The quantitative estimate of drug-likeness (QED) is 0.602. The van der Waals surface area contributed by atoms with Gasteiger partial charge in [0, 0.05) is 29.4 Å². The second-order valence-electron chi connectivity index (χ2n) is 7.56. The average molecular weight is 451 g/mol. The van der Waals surface area contributed by atoms with Crippen LogP contribution in [-0.4, -0.2) is 30.4 Å². The van der Waals surface area contributed by atoms with Gasteiger partial charge in [-0.25, -0.2) is 0 Å². The van der Waals surface area contributed by atoms with Gasteiger partial charge >= 0.3 is 0 Å². The maximum atomic E-state index is 12.6. The second kappa shape index (κ2) is 9.75. The van der Waals surface area contributed by atoms with E-state index in [4.69, 9.17) is 21.1 Å². The Kier molecular flexibility index (Phi) is 6.61. The molecule has 6 nitrogen and oxygen atoms in total. The van der Waals surface area contributed by atoms with Crippen molar-refractivity contribution in [3.05, 3.63) is 88.4 Å². The molecule has 4 rings (SSSR count). The first-order valence-corrected chi connectivity index (χ1v) is 10.6. The van der Waals surface area contributed by atoms with Crippen molar-refractivity contribution in [3.8, 4) is 11.5 Å². The third-order valence-corrected chi connectivity index (χ3v) is 5.45. The van der Waals surface area contributed by atoms with Crippen LogP contribution in [0.5, 0.6) is 11.5 Å². The van der Waals surface area contributed by atoms with Crippen LogP contribution >= 0.6 is 11.6 Å². The monoisotopic (exact) mass is 450 g/mol. The largest absolute Gasteiger partial charge is 0.497 e.